The lowest BCUT2D eigenvalue weighted by molar-refractivity contribution is -0.123. The number of hydrogen-bond acceptors (Lipinski definition) is 5. The molecule has 0 aromatic heterocycles. The minimum atomic E-state index is -0.447. The first-order valence-electron chi connectivity index (χ1n) is 9.16. The number of piperazine rings is 1. The monoisotopic (exact) mass is 359 g/mol. The molecule has 0 aliphatic carbocycles. The second kappa shape index (κ2) is 7.86. The van der Waals surface area contributed by atoms with E-state index in [-0.39, 0.29) is 24.3 Å². The topological polar surface area (TPSA) is 70.2 Å². The number of hydrogen-bond donors (Lipinski definition) is 0. The van der Waals surface area contributed by atoms with E-state index in [2.05, 4.69) is 6.92 Å². The summed E-state index contributed by atoms with van der Waals surface area (Å²) in [6.45, 7) is 6.31. The molecular formula is C19H25N3O4. The van der Waals surface area contributed by atoms with Gasteiger partial charge in [0, 0.05) is 26.2 Å². The molecule has 140 valence electrons. The van der Waals surface area contributed by atoms with Crippen LogP contribution in [-0.4, -0.2) is 66.5 Å². The van der Waals surface area contributed by atoms with E-state index in [9.17, 15) is 14.4 Å². The number of anilines is 1. The molecule has 0 saturated carbocycles. The molecule has 2 aliphatic rings. The summed E-state index contributed by atoms with van der Waals surface area (Å²) in [5.74, 6) is -0.346. The predicted molar refractivity (Wildman–Crippen MR) is 96.9 cm³/mol. The fourth-order valence-electron chi connectivity index (χ4n) is 3.48. The standard InChI is InChI=1S/C19H25N3O4/c1-3-14-5-7-15(8-6-14)22-17(23)13-16(18(22)24)20-9-11-21(12-10-20)19(25)26-4-2/h5-8,16H,3-4,9-13H2,1-2H3/t16-/m0/s1. The van der Waals surface area contributed by atoms with Gasteiger partial charge >= 0.3 is 6.09 Å². The van der Waals surface area contributed by atoms with E-state index in [1.54, 1.807) is 11.8 Å². The molecule has 0 N–H and O–H groups in total. The van der Waals surface area contributed by atoms with Gasteiger partial charge in [-0.15, -0.1) is 0 Å². The van der Waals surface area contributed by atoms with Crippen LogP contribution in [0.4, 0.5) is 10.5 Å². The van der Waals surface area contributed by atoms with Gasteiger partial charge in [-0.2, -0.15) is 0 Å². The van der Waals surface area contributed by atoms with E-state index < -0.39 is 6.04 Å². The molecule has 1 aromatic rings. The first kappa shape index (κ1) is 18.4. The van der Waals surface area contributed by atoms with Gasteiger partial charge in [-0.05, 0) is 31.0 Å². The van der Waals surface area contributed by atoms with Crippen molar-refractivity contribution in [2.24, 2.45) is 0 Å². The Hall–Kier alpha value is -2.41. The van der Waals surface area contributed by atoms with Gasteiger partial charge in [0.05, 0.1) is 24.8 Å². The molecule has 1 atom stereocenters. The van der Waals surface area contributed by atoms with Crippen molar-refractivity contribution < 1.29 is 19.1 Å². The van der Waals surface area contributed by atoms with Crippen LogP contribution in [0.25, 0.3) is 0 Å². The molecule has 1 aromatic carbocycles. The third kappa shape index (κ3) is 3.58. The molecule has 2 aliphatic heterocycles. The number of benzene rings is 1. The van der Waals surface area contributed by atoms with Crippen LogP contribution in [0.2, 0.25) is 0 Å². The van der Waals surface area contributed by atoms with Gasteiger partial charge < -0.3 is 9.64 Å². The molecule has 3 amide bonds. The van der Waals surface area contributed by atoms with Crippen LogP contribution in [0.1, 0.15) is 25.8 Å². The smallest absolute Gasteiger partial charge is 0.409 e. The second-order valence-corrected chi connectivity index (χ2v) is 6.53. The maximum atomic E-state index is 12.8. The van der Waals surface area contributed by atoms with Gasteiger partial charge in [0.1, 0.15) is 0 Å². The lowest BCUT2D eigenvalue weighted by Gasteiger charge is -2.36. The highest BCUT2D eigenvalue weighted by molar-refractivity contribution is 6.22. The first-order valence-corrected chi connectivity index (χ1v) is 9.16. The molecule has 0 spiro atoms. The molecule has 3 rings (SSSR count). The highest BCUT2D eigenvalue weighted by Crippen LogP contribution is 2.26. The highest BCUT2D eigenvalue weighted by Gasteiger charge is 2.43. The summed E-state index contributed by atoms with van der Waals surface area (Å²) in [6, 6.07) is 7.10. The van der Waals surface area contributed by atoms with Crippen LogP contribution >= 0.6 is 0 Å². The van der Waals surface area contributed by atoms with Gasteiger partial charge in [0.25, 0.3) is 5.91 Å². The second-order valence-electron chi connectivity index (χ2n) is 6.53. The molecule has 2 saturated heterocycles. The Morgan fingerprint density at radius 2 is 1.73 bits per heavy atom. The summed E-state index contributed by atoms with van der Waals surface area (Å²) >= 11 is 0. The number of imide groups is 1. The molecule has 26 heavy (non-hydrogen) atoms. The minimum absolute atomic E-state index is 0.169. The van der Waals surface area contributed by atoms with E-state index in [1.165, 1.54) is 10.5 Å². The van der Waals surface area contributed by atoms with E-state index in [0.717, 1.165) is 6.42 Å². The van der Waals surface area contributed by atoms with E-state index >= 15 is 0 Å². The average Bonchev–Trinajstić information content (AvgIpc) is 2.96. The van der Waals surface area contributed by atoms with Gasteiger partial charge in [0.2, 0.25) is 5.91 Å². The van der Waals surface area contributed by atoms with Crippen LogP contribution in [0.3, 0.4) is 0 Å². The van der Waals surface area contributed by atoms with Crippen molar-refractivity contribution in [3.63, 3.8) is 0 Å². The summed E-state index contributed by atoms with van der Waals surface area (Å²) < 4.78 is 5.01. The maximum absolute atomic E-state index is 12.8. The highest BCUT2D eigenvalue weighted by atomic mass is 16.6. The first-order chi connectivity index (χ1) is 12.5. The Morgan fingerprint density at radius 1 is 1.08 bits per heavy atom. The van der Waals surface area contributed by atoms with Crippen molar-refractivity contribution in [3.8, 4) is 0 Å². The zero-order valence-corrected chi connectivity index (χ0v) is 15.3. The average molecular weight is 359 g/mol. The lowest BCUT2D eigenvalue weighted by Crippen LogP contribution is -2.54. The summed E-state index contributed by atoms with van der Waals surface area (Å²) in [7, 11) is 0. The lowest BCUT2D eigenvalue weighted by atomic mass is 10.1. The third-order valence-electron chi connectivity index (χ3n) is 5.01. The van der Waals surface area contributed by atoms with Crippen molar-refractivity contribution >= 4 is 23.6 Å². The number of nitrogens with zero attached hydrogens (tertiary/aromatic N) is 3. The van der Waals surface area contributed by atoms with Crippen LogP contribution in [-0.2, 0) is 20.7 Å². The minimum Gasteiger partial charge on any atom is -0.450 e. The van der Waals surface area contributed by atoms with Crippen molar-refractivity contribution in [1.29, 1.82) is 0 Å². The molecule has 0 unspecified atom stereocenters. The summed E-state index contributed by atoms with van der Waals surface area (Å²) in [5, 5.41) is 0. The Kier molecular flexibility index (Phi) is 5.56. The number of aryl methyl sites for hydroxylation is 1. The van der Waals surface area contributed by atoms with Gasteiger partial charge in [-0.3, -0.25) is 14.5 Å². The number of amides is 3. The van der Waals surface area contributed by atoms with E-state index in [4.69, 9.17) is 4.74 Å². The van der Waals surface area contributed by atoms with Crippen molar-refractivity contribution in [2.75, 3.05) is 37.7 Å². The zero-order chi connectivity index (χ0) is 18.7. The van der Waals surface area contributed by atoms with Crippen molar-refractivity contribution in [3.05, 3.63) is 29.8 Å². The predicted octanol–water partition coefficient (Wildman–Crippen LogP) is 1.65. The van der Waals surface area contributed by atoms with Crippen LogP contribution in [0, 0.1) is 0 Å². The van der Waals surface area contributed by atoms with Gasteiger partial charge in [-0.1, -0.05) is 19.1 Å². The Balaban J connectivity index is 1.65. The van der Waals surface area contributed by atoms with Crippen LogP contribution in [0.5, 0.6) is 0 Å². The molecular weight excluding hydrogens is 334 g/mol. The van der Waals surface area contributed by atoms with Crippen molar-refractivity contribution in [1.82, 2.24) is 9.80 Å². The Labute approximate surface area is 153 Å². The maximum Gasteiger partial charge on any atom is 0.409 e. The number of ether oxygens (including phenoxy) is 1. The van der Waals surface area contributed by atoms with Gasteiger partial charge in [-0.25, -0.2) is 9.69 Å². The fourth-order valence-corrected chi connectivity index (χ4v) is 3.48. The Morgan fingerprint density at radius 3 is 2.31 bits per heavy atom. The zero-order valence-electron chi connectivity index (χ0n) is 15.3. The summed E-state index contributed by atoms with van der Waals surface area (Å²) in [6.07, 6.45) is 0.780. The third-order valence-corrected chi connectivity index (χ3v) is 5.01. The summed E-state index contributed by atoms with van der Waals surface area (Å²) in [4.78, 5) is 42.0. The molecule has 2 fully saturated rings. The van der Waals surface area contributed by atoms with Gasteiger partial charge in [0.15, 0.2) is 0 Å². The van der Waals surface area contributed by atoms with Crippen LogP contribution < -0.4 is 4.90 Å². The van der Waals surface area contributed by atoms with E-state index in [0.29, 0.717) is 38.5 Å². The van der Waals surface area contributed by atoms with Crippen molar-refractivity contribution in [2.45, 2.75) is 32.7 Å². The van der Waals surface area contributed by atoms with E-state index in [1.807, 2.05) is 29.2 Å². The van der Waals surface area contributed by atoms with Crippen LogP contribution in [0.15, 0.2) is 24.3 Å². The molecule has 0 bridgehead atoms. The molecule has 2 heterocycles. The SMILES string of the molecule is CCOC(=O)N1CCN([C@H]2CC(=O)N(c3ccc(CC)cc3)C2=O)CC1. The molecule has 7 heteroatoms. The Bertz CT molecular complexity index is 681. The summed E-state index contributed by atoms with van der Waals surface area (Å²) in [5.41, 5.74) is 1.80. The largest absolute Gasteiger partial charge is 0.450 e. The quantitative estimate of drug-likeness (QED) is 0.765. The normalized spacial score (nSPS) is 21.4. The fraction of sp³-hybridized carbons (Fsp3) is 0.526. The number of carbonyl (C=O) groups is 3. The number of rotatable bonds is 4. The molecule has 0 radical (unpaired) electrons. The number of carbonyl (C=O) groups excluding carboxylic acids is 3. The molecule has 7 nitrogen and oxygen atoms in total.